The number of aliphatic hydroxyl groups is 1. The van der Waals surface area contributed by atoms with E-state index in [0.29, 0.717) is 6.42 Å². The zero-order valence-electron chi connectivity index (χ0n) is 16.1. The number of nitrogens with zero attached hydrogens (tertiary/aromatic N) is 1. The Morgan fingerprint density at radius 3 is 2.48 bits per heavy atom. The second kappa shape index (κ2) is 7.85. The van der Waals surface area contributed by atoms with E-state index in [4.69, 9.17) is 6.42 Å². The first-order valence-corrected chi connectivity index (χ1v) is 9.28. The lowest BCUT2D eigenvalue weighted by molar-refractivity contribution is -0.124. The summed E-state index contributed by atoms with van der Waals surface area (Å²) in [7, 11) is 1.96. The lowest BCUT2D eigenvalue weighted by Crippen LogP contribution is -2.54. The number of terminal acetylenes is 1. The number of carbonyl (C=O) groups excluding carboxylic acids is 1. The maximum Gasteiger partial charge on any atom is 0.243 e. The minimum Gasteiger partial charge on any atom is -0.394 e. The first-order valence-electron chi connectivity index (χ1n) is 9.28. The highest BCUT2D eigenvalue weighted by atomic mass is 16.3. The van der Waals surface area contributed by atoms with Gasteiger partial charge in [-0.2, -0.15) is 0 Å². The van der Waals surface area contributed by atoms with E-state index >= 15 is 0 Å². The fourth-order valence-electron chi connectivity index (χ4n) is 3.82. The van der Waals surface area contributed by atoms with Crippen molar-refractivity contribution in [3.63, 3.8) is 0 Å². The molecule has 0 fully saturated rings. The first kappa shape index (κ1) is 19.0. The van der Waals surface area contributed by atoms with Gasteiger partial charge in [0.1, 0.15) is 6.04 Å². The average molecular weight is 362 g/mol. The quantitative estimate of drug-likeness (QED) is 0.826. The number of rotatable bonds is 3. The van der Waals surface area contributed by atoms with Crippen LogP contribution in [0.2, 0.25) is 0 Å². The molecule has 1 unspecified atom stereocenters. The van der Waals surface area contributed by atoms with Crippen LogP contribution >= 0.6 is 0 Å². The van der Waals surface area contributed by atoms with Gasteiger partial charge in [-0.25, -0.2) is 0 Å². The summed E-state index contributed by atoms with van der Waals surface area (Å²) in [5, 5.41) is 12.7. The zero-order chi connectivity index (χ0) is 19.6. The standard InChI is InChI=1S/C23H26N2O2/c1-5-16-6-8-17(9-7-16)18-10-11-21-19(12-18)13-20(14-26)24-23(27)22(15(2)3)25(21)4/h1,6-12,15,20,22,26H,13-14H2,2-4H3,(H,24,27)/t20-,22?/m0/s1. The van der Waals surface area contributed by atoms with Gasteiger partial charge in [0.2, 0.25) is 5.91 Å². The molecule has 2 N–H and O–H groups in total. The lowest BCUT2D eigenvalue weighted by atomic mass is 9.93. The summed E-state index contributed by atoms with van der Waals surface area (Å²) in [6.45, 7) is 4.00. The van der Waals surface area contributed by atoms with Crippen molar-refractivity contribution in [1.82, 2.24) is 5.32 Å². The van der Waals surface area contributed by atoms with Gasteiger partial charge in [-0.15, -0.1) is 6.42 Å². The Bertz CT molecular complexity index is 865. The van der Waals surface area contributed by atoms with Crippen LogP contribution in [0.5, 0.6) is 0 Å². The van der Waals surface area contributed by atoms with Crippen molar-refractivity contribution in [3.8, 4) is 23.5 Å². The Labute approximate surface area is 161 Å². The average Bonchev–Trinajstić information content (AvgIpc) is 2.66. The maximum atomic E-state index is 12.7. The van der Waals surface area contributed by atoms with Crippen molar-refractivity contribution < 1.29 is 9.90 Å². The number of benzene rings is 2. The largest absolute Gasteiger partial charge is 0.394 e. The van der Waals surface area contributed by atoms with Gasteiger partial charge in [0, 0.05) is 18.3 Å². The van der Waals surface area contributed by atoms with Crippen molar-refractivity contribution in [2.24, 2.45) is 5.92 Å². The van der Waals surface area contributed by atoms with Gasteiger partial charge in [0.05, 0.1) is 12.6 Å². The van der Waals surface area contributed by atoms with Crippen LogP contribution in [0.1, 0.15) is 25.0 Å². The molecule has 2 aromatic rings. The summed E-state index contributed by atoms with van der Waals surface area (Å²) in [5.41, 5.74) is 5.18. The van der Waals surface area contributed by atoms with E-state index in [1.54, 1.807) is 0 Å². The Morgan fingerprint density at radius 2 is 1.89 bits per heavy atom. The van der Waals surface area contributed by atoms with Crippen LogP contribution in [0, 0.1) is 18.3 Å². The Morgan fingerprint density at radius 1 is 1.22 bits per heavy atom. The minimum absolute atomic E-state index is 0.0360. The number of nitrogens with one attached hydrogen (secondary N) is 1. The number of anilines is 1. The molecule has 2 atom stereocenters. The molecule has 140 valence electrons. The van der Waals surface area contributed by atoms with Gasteiger partial charge in [-0.1, -0.05) is 38.0 Å². The van der Waals surface area contributed by atoms with Gasteiger partial charge < -0.3 is 15.3 Å². The van der Waals surface area contributed by atoms with E-state index in [1.807, 2.05) is 50.1 Å². The Kier molecular flexibility index (Phi) is 5.53. The highest BCUT2D eigenvalue weighted by molar-refractivity contribution is 5.87. The second-order valence-electron chi connectivity index (χ2n) is 7.46. The van der Waals surface area contributed by atoms with Gasteiger partial charge in [-0.3, -0.25) is 4.79 Å². The van der Waals surface area contributed by atoms with E-state index in [-0.39, 0.29) is 30.5 Å². The third kappa shape index (κ3) is 3.84. The van der Waals surface area contributed by atoms with E-state index in [2.05, 4.69) is 29.4 Å². The normalized spacial score (nSPS) is 19.7. The molecular formula is C23H26N2O2. The predicted molar refractivity (Wildman–Crippen MR) is 110 cm³/mol. The van der Waals surface area contributed by atoms with Crippen LogP contribution in [0.3, 0.4) is 0 Å². The second-order valence-corrected chi connectivity index (χ2v) is 7.46. The molecule has 0 saturated carbocycles. The number of carbonyl (C=O) groups is 1. The third-order valence-corrected chi connectivity index (χ3v) is 5.19. The lowest BCUT2D eigenvalue weighted by Gasteiger charge is -2.37. The van der Waals surface area contributed by atoms with Gasteiger partial charge >= 0.3 is 0 Å². The molecular weight excluding hydrogens is 336 g/mol. The van der Waals surface area contributed by atoms with Crippen molar-refractivity contribution in [1.29, 1.82) is 0 Å². The van der Waals surface area contributed by atoms with Crippen LogP contribution in [-0.4, -0.2) is 36.8 Å². The predicted octanol–water partition coefficient (Wildman–Crippen LogP) is 2.83. The molecule has 4 heteroatoms. The number of aliphatic hydroxyl groups excluding tert-OH is 1. The molecule has 0 radical (unpaired) electrons. The summed E-state index contributed by atoms with van der Waals surface area (Å²) < 4.78 is 0. The molecule has 0 aromatic heterocycles. The molecule has 0 spiro atoms. The van der Waals surface area contributed by atoms with Crippen molar-refractivity contribution in [2.45, 2.75) is 32.4 Å². The van der Waals surface area contributed by atoms with Crippen molar-refractivity contribution in [3.05, 3.63) is 53.6 Å². The first-order chi connectivity index (χ1) is 12.9. The van der Waals surface area contributed by atoms with Gasteiger partial charge in [0.15, 0.2) is 0 Å². The summed E-state index contributed by atoms with van der Waals surface area (Å²) >= 11 is 0. The molecule has 1 aliphatic rings. The fraction of sp³-hybridized carbons (Fsp3) is 0.348. The van der Waals surface area contributed by atoms with Crippen LogP contribution < -0.4 is 10.2 Å². The SMILES string of the molecule is C#Cc1ccc(-c2ccc3c(c2)C[C@@H](CO)NC(=O)C(C(C)C)N3C)cc1. The summed E-state index contributed by atoms with van der Waals surface area (Å²) in [4.78, 5) is 14.7. The molecule has 0 saturated heterocycles. The summed E-state index contributed by atoms with van der Waals surface area (Å²) in [6.07, 6.45) is 6.03. The van der Waals surface area contributed by atoms with Gasteiger partial charge in [0.25, 0.3) is 0 Å². The molecule has 3 rings (SSSR count). The molecule has 1 aliphatic heterocycles. The van der Waals surface area contributed by atoms with Gasteiger partial charge in [-0.05, 0) is 53.3 Å². The molecule has 1 heterocycles. The molecule has 0 aliphatic carbocycles. The Balaban J connectivity index is 2.05. The van der Waals surface area contributed by atoms with Crippen molar-refractivity contribution in [2.75, 3.05) is 18.6 Å². The molecule has 0 bridgehead atoms. The van der Waals surface area contributed by atoms with E-state index in [9.17, 15) is 9.90 Å². The number of hydrogen-bond donors (Lipinski definition) is 2. The molecule has 27 heavy (non-hydrogen) atoms. The molecule has 1 amide bonds. The minimum atomic E-state index is -0.287. The van der Waals surface area contributed by atoms with E-state index < -0.39 is 0 Å². The third-order valence-electron chi connectivity index (χ3n) is 5.19. The van der Waals surface area contributed by atoms with Crippen LogP contribution in [0.25, 0.3) is 11.1 Å². The molecule has 4 nitrogen and oxygen atoms in total. The number of hydrogen-bond acceptors (Lipinski definition) is 3. The van der Waals surface area contributed by atoms with E-state index in [1.165, 1.54) is 0 Å². The number of amides is 1. The van der Waals surface area contributed by atoms with Crippen LogP contribution in [0.4, 0.5) is 5.69 Å². The Hall–Kier alpha value is -2.77. The summed E-state index contributed by atoms with van der Waals surface area (Å²) in [6, 6.07) is 13.6. The van der Waals surface area contributed by atoms with E-state index in [0.717, 1.165) is 27.9 Å². The highest BCUT2D eigenvalue weighted by Gasteiger charge is 2.32. The summed E-state index contributed by atoms with van der Waals surface area (Å²) in [5.74, 6) is 2.75. The number of fused-ring (bicyclic) bond motifs is 1. The fourth-order valence-corrected chi connectivity index (χ4v) is 3.82. The smallest absolute Gasteiger partial charge is 0.243 e. The zero-order valence-corrected chi connectivity index (χ0v) is 16.1. The molecule has 2 aromatic carbocycles. The topological polar surface area (TPSA) is 52.6 Å². The van der Waals surface area contributed by atoms with Crippen LogP contribution in [-0.2, 0) is 11.2 Å². The monoisotopic (exact) mass is 362 g/mol. The maximum absolute atomic E-state index is 12.7. The van der Waals surface area contributed by atoms with Crippen LogP contribution in [0.15, 0.2) is 42.5 Å². The highest BCUT2D eigenvalue weighted by Crippen LogP contribution is 2.31. The van der Waals surface area contributed by atoms with Crippen molar-refractivity contribution >= 4 is 11.6 Å². The number of likely N-dealkylation sites (N-methyl/N-ethyl adjacent to an activating group) is 1.